The molecule has 0 spiro atoms. The normalized spacial score (nSPS) is 10.5. The number of pyridine rings is 1. The molecule has 0 bridgehead atoms. The zero-order valence-corrected chi connectivity index (χ0v) is 10.3. The fraction of sp³-hybridized carbons (Fsp3) is 0.0769. The molecule has 0 amide bonds. The summed E-state index contributed by atoms with van der Waals surface area (Å²) in [5.74, 6) is -0.254. The minimum Gasteiger partial charge on any atom is -0.417 e. The molecule has 19 heavy (non-hydrogen) atoms. The zero-order chi connectivity index (χ0) is 13.8. The molecule has 0 saturated carbocycles. The highest BCUT2D eigenvalue weighted by Crippen LogP contribution is 2.26. The van der Waals surface area contributed by atoms with Crippen molar-refractivity contribution >= 4 is 17.9 Å². The Morgan fingerprint density at radius 3 is 2.68 bits per heavy atom. The minimum atomic E-state index is -2.97. The lowest BCUT2D eigenvalue weighted by Gasteiger charge is -2.08. The number of hydrogen-bond acceptors (Lipinski definition) is 3. The molecule has 2 rings (SSSR count). The molecule has 0 aliphatic carbocycles. The van der Waals surface area contributed by atoms with E-state index in [2.05, 4.69) is 9.72 Å². The van der Waals surface area contributed by atoms with E-state index in [-0.39, 0.29) is 17.1 Å². The lowest BCUT2D eigenvalue weighted by Crippen LogP contribution is -2.05. The number of alkyl halides is 2. The molecule has 0 aliphatic heterocycles. The third kappa shape index (κ3) is 3.26. The van der Waals surface area contributed by atoms with Crippen LogP contribution in [0, 0.1) is 0 Å². The van der Waals surface area contributed by atoms with Gasteiger partial charge in [0.25, 0.3) is 0 Å². The summed E-state index contributed by atoms with van der Waals surface area (Å²) in [6, 6.07) is 9.17. The van der Waals surface area contributed by atoms with Crippen LogP contribution in [0.5, 0.6) is 5.88 Å². The van der Waals surface area contributed by atoms with Crippen molar-refractivity contribution in [3.05, 3.63) is 47.0 Å². The van der Waals surface area contributed by atoms with Crippen LogP contribution in [0.2, 0.25) is 5.02 Å². The maximum Gasteiger partial charge on any atom is 0.388 e. The zero-order valence-electron chi connectivity index (χ0n) is 9.52. The van der Waals surface area contributed by atoms with E-state index < -0.39 is 6.61 Å². The van der Waals surface area contributed by atoms with E-state index in [4.69, 9.17) is 11.6 Å². The SMILES string of the molecule is O=Cc1ccc(OC(F)F)nc1-c1cccc(Cl)c1. The molecule has 98 valence electrons. The van der Waals surface area contributed by atoms with Crippen molar-refractivity contribution in [2.45, 2.75) is 6.61 Å². The van der Waals surface area contributed by atoms with Crippen molar-refractivity contribution in [1.29, 1.82) is 0 Å². The van der Waals surface area contributed by atoms with Crippen LogP contribution >= 0.6 is 11.6 Å². The van der Waals surface area contributed by atoms with Crippen LogP contribution in [0.4, 0.5) is 8.78 Å². The standard InChI is InChI=1S/C13H8ClF2NO2/c14-10-3-1-2-8(6-10)12-9(7-18)4-5-11(17-12)19-13(15)16/h1-7,13H. The number of rotatable bonds is 4. The number of benzene rings is 1. The Morgan fingerprint density at radius 2 is 2.05 bits per heavy atom. The fourth-order valence-corrected chi connectivity index (χ4v) is 1.76. The molecule has 0 atom stereocenters. The molecule has 1 aromatic carbocycles. The van der Waals surface area contributed by atoms with E-state index in [0.29, 0.717) is 16.9 Å². The Kier molecular flexibility index (Phi) is 4.06. The first kappa shape index (κ1) is 13.4. The Bertz CT molecular complexity index is 605. The van der Waals surface area contributed by atoms with Crippen molar-refractivity contribution in [1.82, 2.24) is 4.98 Å². The first-order chi connectivity index (χ1) is 9.10. The number of carbonyl (C=O) groups is 1. The van der Waals surface area contributed by atoms with Gasteiger partial charge < -0.3 is 4.74 Å². The number of ether oxygens (including phenoxy) is 1. The number of halogens is 3. The van der Waals surface area contributed by atoms with Gasteiger partial charge in [-0.3, -0.25) is 4.79 Å². The maximum absolute atomic E-state index is 12.1. The van der Waals surface area contributed by atoms with Crippen LogP contribution in [0.25, 0.3) is 11.3 Å². The molecule has 0 radical (unpaired) electrons. The molecule has 0 unspecified atom stereocenters. The lowest BCUT2D eigenvalue weighted by atomic mass is 10.1. The summed E-state index contributed by atoms with van der Waals surface area (Å²) < 4.78 is 28.5. The summed E-state index contributed by atoms with van der Waals surface area (Å²) >= 11 is 5.85. The van der Waals surface area contributed by atoms with Gasteiger partial charge in [-0.1, -0.05) is 23.7 Å². The van der Waals surface area contributed by atoms with Gasteiger partial charge in [-0.2, -0.15) is 8.78 Å². The summed E-state index contributed by atoms with van der Waals surface area (Å²) in [5, 5.41) is 0.455. The van der Waals surface area contributed by atoms with Crippen LogP contribution in [0.15, 0.2) is 36.4 Å². The first-order valence-electron chi connectivity index (χ1n) is 5.27. The molecule has 3 nitrogen and oxygen atoms in total. The maximum atomic E-state index is 12.1. The Hall–Kier alpha value is -2.01. The van der Waals surface area contributed by atoms with Crippen molar-refractivity contribution in [2.24, 2.45) is 0 Å². The predicted octanol–water partition coefficient (Wildman–Crippen LogP) is 3.82. The third-order valence-corrected chi connectivity index (χ3v) is 2.57. The van der Waals surface area contributed by atoms with E-state index in [1.54, 1.807) is 24.3 Å². The second kappa shape index (κ2) is 5.75. The van der Waals surface area contributed by atoms with Gasteiger partial charge in [0.2, 0.25) is 5.88 Å². The average Bonchev–Trinajstić information content (AvgIpc) is 2.38. The molecule has 0 aliphatic rings. The van der Waals surface area contributed by atoms with Crippen LogP contribution in [0.3, 0.4) is 0 Å². The highest BCUT2D eigenvalue weighted by atomic mass is 35.5. The van der Waals surface area contributed by atoms with Gasteiger partial charge in [-0.15, -0.1) is 0 Å². The van der Waals surface area contributed by atoms with E-state index in [9.17, 15) is 13.6 Å². The first-order valence-corrected chi connectivity index (χ1v) is 5.65. The van der Waals surface area contributed by atoms with Crippen molar-refractivity contribution in [3.63, 3.8) is 0 Å². The molecule has 6 heteroatoms. The summed E-state index contributed by atoms with van der Waals surface area (Å²) in [5.41, 5.74) is 1.06. The number of carbonyl (C=O) groups excluding carboxylic acids is 1. The number of aromatic nitrogens is 1. The van der Waals surface area contributed by atoms with Crippen molar-refractivity contribution < 1.29 is 18.3 Å². The van der Waals surface area contributed by atoms with Gasteiger partial charge in [0.05, 0.1) is 5.69 Å². The monoisotopic (exact) mass is 283 g/mol. The summed E-state index contributed by atoms with van der Waals surface area (Å²) in [6.45, 7) is -2.97. The van der Waals surface area contributed by atoms with Crippen molar-refractivity contribution in [2.75, 3.05) is 0 Å². The third-order valence-electron chi connectivity index (χ3n) is 2.34. The van der Waals surface area contributed by atoms with E-state index >= 15 is 0 Å². The largest absolute Gasteiger partial charge is 0.417 e. The Balaban J connectivity index is 2.50. The van der Waals surface area contributed by atoms with Crippen LogP contribution < -0.4 is 4.74 Å². The Morgan fingerprint density at radius 1 is 1.26 bits per heavy atom. The molecule has 0 fully saturated rings. The van der Waals surface area contributed by atoms with Crippen LogP contribution in [0.1, 0.15) is 10.4 Å². The molecule has 1 aromatic heterocycles. The molecule has 2 aromatic rings. The quantitative estimate of drug-likeness (QED) is 0.801. The minimum absolute atomic E-state index is 0.246. The van der Waals surface area contributed by atoms with Gasteiger partial charge in [0.1, 0.15) is 0 Å². The predicted molar refractivity (Wildman–Crippen MR) is 66.7 cm³/mol. The highest BCUT2D eigenvalue weighted by Gasteiger charge is 2.11. The Labute approximate surface area is 112 Å². The van der Waals surface area contributed by atoms with Gasteiger partial charge in [0.15, 0.2) is 6.29 Å². The molecule has 0 saturated heterocycles. The molecule has 0 N–H and O–H groups in total. The average molecular weight is 284 g/mol. The van der Waals surface area contributed by atoms with Crippen LogP contribution in [-0.4, -0.2) is 17.9 Å². The van der Waals surface area contributed by atoms with E-state index in [1.165, 1.54) is 12.1 Å². The second-order valence-electron chi connectivity index (χ2n) is 3.59. The van der Waals surface area contributed by atoms with E-state index in [1.807, 2.05) is 0 Å². The van der Waals surface area contributed by atoms with Crippen molar-refractivity contribution in [3.8, 4) is 17.1 Å². The lowest BCUT2D eigenvalue weighted by molar-refractivity contribution is -0.0527. The topological polar surface area (TPSA) is 39.2 Å². The molecular formula is C13H8ClF2NO2. The van der Waals surface area contributed by atoms with Gasteiger partial charge in [0, 0.05) is 22.2 Å². The summed E-state index contributed by atoms with van der Waals surface area (Å²) in [7, 11) is 0. The highest BCUT2D eigenvalue weighted by molar-refractivity contribution is 6.30. The van der Waals surface area contributed by atoms with Crippen LogP contribution in [-0.2, 0) is 0 Å². The van der Waals surface area contributed by atoms with Gasteiger partial charge >= 0.3 is 6.61 Å². The number of aldehydes is 1. The molecule has 1 heterocycles. The fourth-order valence-electron chi connectivity index (χ4n) is 1.57. The second-order valence-corrected chi connectivity index (χ2v) is 4.03. The number of nitrogens with zero attached hydrogens (tertiary/aromatic N) is 1. The molecular weight excluding hydrogens is 276 g/mol. The van der Waals surface area contributed by atoms with E-state index in [0.717, 1.165) is 0 Å². The number of hydrogen-bond donors (Lipinski definition) is 0. The summed E-state index contributed by atoms with van der Waals surface area (Å²) in [6.07, 6.45) is 0.593. The smallest absolute Gasteiger partial charge is 0.388 e. The summed E-state index contributed by atoms with van der Waals surface area (Å²) in [4.78, 5) is 14.9. The van der Waals surface area contributed by atoms with Gasteiger partial charge in [-0.05, 0) is 18.2 Å². The van der Waals surface area contributed by atoms with Gasteiger partial charge in [-0.25, -0.2) is 4.98 Å².